The number of hydrogen-bond acceptors (Lipinski definition) is 4. The summed E-state index contributed by atoms with van der Waals surface area (Å²) in [5.41, 5.74) is 1.81. The van der Waals surface area contributed by atoms with Crippen LogP contribution in [0.15, 0.2) is 24.3 Å². The van der Waals surface area contributed by atoms with Gasteiger partial charge in [0.05, 0.1) is 6.04 Å². The highest BCUT2D eigenvalue weighted by Gasteiger charge is 2.22. The fourth-order valence-corrected chi connectivity index (χ4v) is 4.19. The van der Waals surface area contributed by atoms with Crippen LogP contribution in [0.25, 0.3) is 0 Å². The Labute approximate surface area is 147 Å². The fourth-order valence-electron chi connectivity index (χ4n) is 3.24. The second kappa shape index (κ2) is 8.53. The van der Waals surface area contributed by atoms with Gasteiger partial charge in [0.15, 0.2) is 0 Å². The van der Waals surface area contributed by atoms with Crippen LogP contribution < -0.4 is 16.0 Å². The number of carbonyl (C=O) groups is 2. The zero-order chi connectivity index (χ0) is 16.8. The minimum absolute atomic E-state index is 0.0386. The Bertz CT molecular complexity index is 581. The van der Waals surface area contributed by atoms with Crippen LogP contribution in [0.1, 0.15) is 37.7 Å². The molecule has 3 rings (SSSR count). The Kier molecular flexibility index (Phi) is 6.15. The minimum Gasteiger partial charge on any atom is -0.351 e. The van der Waals surface area contributed by atoms with E-state index in [0.717, 1.165) is 48.6 Å². The highest BCUT2D eigenvalue weighted by atomic mass is 32.2. The molecule has 1 atom stereocenters. The highest BCUT2D eigenvalue weighted by Crippen LogP contribution is 2.25. The maximum atomic E-state index is 12.3. The molecule has 0 bridgehead atoms. The van der Waals surface area contributed by atoms with E-state index in [1.54, 1.807) is 11.8 Å². The van der Waals surface area contributed by atoms with Gasteiger partial charge in [0, 0.05) is 29.8 Å². The SMILES string of the molecule is O=C(Nc1cccc(CNC(=O)C2CSCN2)c1)C1CCCCC1. The number of carbonyl (C=O) groups excluding carboxylic acids is 2. The number of hydrogen-bond donors (Lipinski definition) is 3. The molecule has 6 heteroatoms. The Morgan fingerprint density at radius 1 is 1.17 bits per heavy atom. The smallest absolute Gasteiger partial charge is 0.238 e. The number of anilines is 1. The lowest BCUT2D eigenvalue weighted by Crippen LogP contribution is -2.41. The number of thioether (sulfide) groups is 1. The number of benzene rings is 1. The molecule has 0 radical (unpaired) electrons. The van der Waals surface area contributed by atoms with Crippen molar-refractivity contribution < 1.29 is 9.59 Å². The topological polar surface area (TPSA) is 70.2 Å². The molecular weight excluding hydrogens is 322 g/mol. The van der Waals surface area contributed by atoms with Crippen LogP contribution in [-0.2, 0) is 16.1 Å². The molecule has 5 nitrogen and oxygen atoms in total. The van der Waals surface area contributed by atoms with Gasteiger partial charge in [-0.05, 0) is 30.5 Å². The Morgan fingerprint density at radius 3 is 2.75 bits per heavy atom. The molecule has 0 aromatic heterocycles. The van der Waals surface area contributed by atoms with Crippen molar-refractivity contribution in [2.45, 2.75) is 44.7 Å². The maximum Gasteiger partial charge on any atom is 0.238 e. The van der Waals surface area contributed by atoms with Gasteiger partial charge in [0.2, 0.25) is 11.8 Å². The van der Waals surface area contributed by atoms with Gasteiger partial charge in [-0.2, -0.15) is 0 Å². The number of amides is 2. The molecule has 1 saturated carbocycles. The maximum absolute atomic E-state index is 12.3. The molecule has 0 spiro atoms. The predicted octanol–water partition coefficient (Wildman–Crippen LogP) is 2.48. The van der Waals surface area contributed by atoms with Crippen LogP contribution in [0, 0.1) is 5.92 Å². The normalized spacial score (nSPS) is 21.4. The number of rotatable bonds is 5. The molecule has 1 unspecified atom stereocenters. The summed E-state index contributed by atoms with van der Waals surface area (Å²) in [5, 5.41) is 9.15. The van der Waals surface area contributed by atoms with E-state index in [2.05, 4.69) is 16.0 Å². The first-order valence-corrected chi connectivity index (χ1v) is 9.86. The van der Waals surface area contributed by atoms with Gasteiger partial charge >= 0.3 is 0 Å². The highest BCUT2D eigenvalue weighted by molar-refractivity contribution is 7.99. The Hall–Kier alpha value is -1.53. The molecular formula is C18H25N3O2S. The van der Waals surface area contributed by atoms with E-state index in [9.17, 15) is 9.59 Å². The zero-order valence-corrected chi connectivity index (χ0v) is 14.7. The molecule has 1 aliphatic heterocycles. The van der Waals surface area contributed by atoms with Crippen LogP contribution in [0.4, 0.5) is 5.69 Å². The van der Waals surface area contributed by atoms with Gasteiger partial charge in [-0.3, -0.25) is 14.9 Å². The minimum atomic E-state index is -0.0933. The first-order chi connectivity index (χ1) is 11.7. The van der Waals surface area contributed by atoms with E-state index < -0.39 is 0 Å². The van der Waals surface area contributed by atoms with Crippen LogP contribution in [0.5, 0.6) is 0 Å². The molecule has 2 amide bonds. The summed E-state index contributed by atoms with van der Waals surface area (Å²) in [5.74, 6) is 1.97. The largest absolute Gasteiger partial charge is 0.351 e. The van der Waals surface area contributed by atoms with Crippen molar-refractivity contribution in [2.75, 3.05) is 16.9 Å². The van der Waals surface area contributed by atoms with E-state index >= 15 is 0 Å². The molecule has 130 valence electrons. The molecule has 1 saturated heterocycles. The van der Waals surface area contributed by atoms with Crippen molar-refractivity contribution in [1.82, 2.24) is 10.6 Å². The van der Waals surface area contributed by atoms with Crippen LogP contribution in [0.2, 0.25) is 0 Å². The predicted molar refractivity (Wildman–Crippen MR) is 97.7 cm³/mol. The van der Waals surface area contributed by atoms with Gasteiger partial charge < -0.3 is 10.6 Å². The van der Waals surface area contributed by atoms with Crippen molar-refractivity contribution in [1.29, 1.82) is 0 Å². The zero-order valence-electron chi connectivity index (χ0n) is 13.8. The summed E-state index contributed by atoms with van der Waals surface area (Å²) in [6.45, 7) is 0.481. The van der Waals surface area contributed by atoms with E-state index in [4.69, 9.17) is 0 Å². The van der Waals surface area contributed by atoms with Gasteiger partial charge in [-0.15, -0.1) is 11.8 Å². The summed E-state index contributed by atoms with van der Waals surface area (Å²) >= 11 is 1.74. The Balaban J connectivity index is 1.51. The number of nitrogens with one attached hydrogen (secondary N) is 3. The van der Waals surface area contributed by atoms with E-state index in [1.165, 1.54) is 6.42 Å². The van der Waals surface area contributed by atoms with Crippen molar-refractivity contribution in [3.63, 3.8) is 0 Å². The van der Waals surface area contributed by atoms with Gasteiger partial charge in [-0.25, -0.2) is 0 Å². The molecule has 24 heavy (non-hydrogen) atoms. The van der Waals surface area contributed by atoms with Crippen LogP contribution in [0.3, 0.4) is 0 Å². The lowest BCUT2D eigenvalue weighted by molar-refractivity contribution is -0.122. The van der Waals surface area contributed by atoms with Crippen LogP contribution >= 0.6 is 11.8 Å². The second-order valence-electron chi connectivity index (χ2n) is 6.51. The van der Waals surface area contributed by atoms with Crippen molar-refractivity contribution >= 4 is 29.3 Å². The standard InChI is InChI=1S/C18H25N3O2S/c22-17(14-6-2-1-3-7-14)21-15-8-4-5-13(9-15)10-19-18(23)16-11-24-12-20-16/h4-5,8-9,14,16,20H,1-3,6-7,10-12H2,(H,19,23)(H,21,22). The summed E-state index contributed by atoms with van der Waals surface area (Å²) in [7, 11) is 0. The summed E-state index contributed by atoms with van der Waals surface area (Å²) < 4.78 is 0. The van der Waals surface area contributed by atoms with Gasteiger partial charge in [0.1, 0.15) is 0 Å². The fraction of sp³-hybridized carbons (Fsp3) is 0.556. The van der Waals surface area contributed by atoms with Gasteiger partial charge in [-0.1, -0.05) is 31.4 Å². The first-order valence-electron chi connectivity index (χ1n) is 8.71. The molecule has 1 heterocycles. The molecule has 1 aromatic rings. The lowest BCUT2D eigenvalue weighted by Gasteiger charge is -2.21. The monoisotopic (exact) mass is 347 g/mol. The third-order valence-electron chi connectivity index (χ3n) is 4.67. The average molecular weight is 347 g/mol. The summed E-state index contributed by atoms with van der Waals surface area (Å²) in [6, 6.07) is 7.64. The summed E-state index contributed by atoms with van der Waals surface area (Å²) in [4.78, 5) is 24.4. The first kappa shape index (κ1) is 17.3. The van der Waals surface area contributed by atoms with Crippen molar-refractivity contribution in [2.24, 2.45) is 5.92 Å². The van der Waals surface area contributed by atoms with Crippen molar-refractivity contribution in [3.8, 4) is 0 Å². The lowest BCUT2D eigenvalue weighted by atomic mass is 9.88. The second-order valence-corrected chi connectivity index (χ2v) is 7.54. The van der Waals surface area contributed by atoms with Gasteiger partial charge in [0.25, 0.3) is 0 Å². The molecule has 1 aromatic carbocycles. The molecule has 2 aliphatic rings. The van der Waals surface area contributed by atoms with Crippen LogP contribution in [-0.4, -0.2) is 29.5 Å². The van der Waals surface area contributed by atoms with E-state index in [0.29, 0.717) is 6.54 Å². The molecule has 3 N–H and O–H groups in total. The third-order valence-corrected chi connectivity index (χ3v) is 5.61. The van der Waals surface area contributed by atoms with Crippen molar-refractivity contribution in [3.05, 3.63) is 29.8 Å². The molecule has 2 fully saturated rings. The Morgan fingerprint density at radius 2 is 2.00 bits per heavy atom. The van der Waals surface area contributed by atoms with E-state index in [-0.39, 0.29) is 23.8 Å². The third kappa shape index (κ3) is 4.74. The quantitative estimate of drug-likeness (QED) is 0.765. The van der Waals surface area contributed by atoms with E-state index in [1.807, 2.05) is 24.3 Å². The average Bonchev–Trinajstić information content (AvgIpc) is 3.15. The summed E-state index contributed by atoms with van der Waals surface area (Å²) in [6.07, 6.45) is 5.53. The molecule has 1 aliphatic carbocycles.